The third-order valence-electron chi connectivity index (χ3n) is 2.04. The van der Waals surface area contributed by atoms with Gasteiger partial charge in [0.1, 0.15) is 0 Å². The van der Waals surface area contributed by atoms with Crippen LogP contribution in [-0.4, -0.2) is 57.5 Å². The maximum absolute atomic E-state index is 4.20. The van der Waals surface area contributed by atoms with Crippen molar-refractivity contribution in [2.24, 2.45) is 0 Å². The minimum absolute atomic E-state index is 1.01. The fourth-order valence-electron chi connectivity index (χ4n) is 1.18. The summed E-state index contributed by atoms with van der Waals surface area (Å²) < 4.78 is 0. The van der Waals surface area contributed by atoms with Gasteiger partial charge in [-0.05, 0) is 35.9 Å². The molecular weight excluding hydrogens is 337 g/mol. The Labute approximate surface area is 142 Å². The van der Waals surface area contributed by atoms with Crippen LogP contribution >= 0.6 is 72.3 Å². The van der Waals surface area contributed by atoms with E-state index in [4.69, 9.17) is 0 Å². The first-order valence-corrected chi connectivity index (χ1v) is 12.3. The summed E-state index contributed by atoms with van der Waals surface area (Å²) in [7, 11) is 0. The molecule has 0 rings (SSSR count). The van der Waals surface area contributed by atoms with Gasteiger partial charge >= 0.3 is 0 Å². The Balaban J connectivity index is 2.86. The van der Waals surface area contributed by atoms with Gasteiger partial charge in [-0.2, -0.15) is 72.3 Å². The van der Waals surface area contributed by atoms with E-state index in [1.54, 1.807) is 0 Å². The van der Waals surface area contributed by atoms with Gasteiger partial charge in [0, 0.05) is 34.5 Å². The maximum atomic E-state index is 4.20. The highest BCUT2D eigenvalue weighted by Gasteiger charge is 1.93. The van der Waals surface area contributed by atoms with Crippen molar-refractivity contribution >= 4 is 72.3 Å². The summed E-state index contributed by atoms with van der Waals surface area (Å²) in [4.78, 5) is 0. The summed E-state index contributed by atoms with van der Waals surface area (Å²) in [5.74, 6) is 12.3. The normalized spacial score (nSPS) is 11.0. The molecule has 6 heteroatoms. The molecule has 0 atom stereocenters. The standard InChI is InChI=1S/C12H26S6/c13-3-7-17-11-9-15-5-1-2-6-16-10-12-18-8-4-14/h13-14H,1-12H2. The number of hydrogen-bond acceptors (Lipinski definition) is 6. The largest absolute Gasteiger partial charge is 0.179 e. The molecular formula is C12H26S6. The highest BCUT2D eigenvalue weighted by molar-refractivity contribution is 8.03. The molecule has 0 N–H and O–H groups in total. The molecule has 0 aliphatic heterocycles. The quantitative estimate of drug-likeness (QED) is 0.323. The van der Waals surface area contributed by atoms with Gasteiger partial charge in [-0.15, -0.1) is 0 Å². The molecule has 110 valence electrons. The summed E-state index contributed by atoms with van der Waals surface area (Å²) in [6.07, 6.45) is 2.78. The summed E-state index contributed by atoms with van der Waals surface area (Å²) in [5.41, 5.74) is 0. The second-order valence-electron chi connectivity index (χ2n) is 3.60. The lowest BCUT2D eigenvalue weighted by molar-refractivity contribution is 0.907. The average molecular weight is 363 g/mol. The lowest BCUT2D eigenvalue weighted by Gasteiger charge is -2.03. The van der Waals surface area contributed by atoms with Crippen molar-refractivity contribution in [3.63, 3.8) is 0 Å². The van der Waals surface area contributed by atoms with E-state index in [0.29, 0.717) is 0 Å². The lowest BCUT2D eigenvalue weighted by Crippen LogP contribution is -1.92. The van der Waals surface area contributed by atoms with E-state index in [9.17, 15) is 0 Å². The molecule has 0 unspecified atom stereocenters. The van der Waals surface area contributed by atoms with Crippen LogP contribution in [0.3, 0.4) is 0 Å². The van der Waals surface area contributed by atoms with Crippen molar-refractivity contribution in [2.75, 3.05) is 57.5 Å². The predicted octanol–water partition coefficient (Wildman–Crippen LogP) is 4.56. The minimum Gasteiger partial charge on any atom is -0.179 e. The second-order valence-corrected chi connectivity index (χ2v) is 9.40. The van der Waals surface area contributed by atoms with Crippen LogP contribution in [0.5, 0.6) is 0 Å². The maximum Gasteiger partial charge on any atom is 0.00238 e. The van der Waals surface area contributed by atoms with Gasteiger partial charge in [-0.25, -0.2) is 0 Å². The zero-order valence-electron chi connectivity index (χ0n) is 11.0. The predicted molar refractivity (Wildman–Crippen MR) is 106 cm³/mol. The van der Waals surface area contributed by atoms with E-state index < -0.39 is 0 Å². The van der Waals surface area contributed by atoms with Crippen LogP contribution in [0.4, 0.5) is 0 Å². The third-order valence-corrected chi connectivity index (χ3v) is 7.72. The molecule has 18 heavy (non-hydrogen) atoms. The molecule has 0 amide bonds. The molecule has 0 aromatic carbocycles. The number of thioether (sulfide) groups is 4. The SMILES string of the molecule is SCCSCCSCCCCSCCSCCS. The molecule has 0 saturated carbocycles. The van der Waals surface area contributed by atoms with Crippen molar-refractivity contribution in [1.82, 2.24) is 0 Å². The van der Waals surface area contributed by atoms with Crippen LogP contribution in [0.1, 0.15) is 12.8 Å². The van der Waals surface area contributed by atoms with E-state index in [2.05, 4.69) is 48.8 Å². The lowest BCUT2D eigenvalue weighted by atomic mass is 10.4. The van der Waals surface area contributed by atoms with Crippen molar-refractivity contribution in [1.29, 1.82) is 0 Å². The topological polar surface area (TPSA) is 0 Å². The van der Waals surface area contributed by atoms with E-state index in [1.807, 2.05) is 23.5 Å². The summed E-state index contributed by atoms with van der Waals surface area (Å²) >= 11 is 16.7. The molecule has 0 aliphatic rings. The average Bonchev–Trinajstić information content (AvgIpc) is 2.39. The number of unbranched alkanes of at least 4 members (excludes halogenated alkanes) is 1. The van der Waals surface area contributed by atoms with E-state index >= 15 is 0 Å². The first-order chi connectivity index (χ1) is 8.91. The Hall–Kier alpha value is 2.10. The molecule has 0 aromatic rings. The minimum atomic E-state index is 1.01. The van der Waals surface area contributed by atoms with Crippen molar-refractivity contribution < 1.29 is 0 Å². The Morgan fingerprint density at radius 1 is 0.444 bits per heavy atom. The van der Waals surface area contributed by atoms with Crippen LogP contribution in [0, 0.1) is 0 Å². The van der Waals surface area contributed by atoms with Crippen molar-refractivity contribution in [3.05, 3.63) is 0 Å². The highest BCUT2D eigenvalue weighted by atomic mass is 32.2. The third kappa shape index (κ3) is 18.1. The van der Waals surface area contributed by atoms with E-state index in [-0.39, 0.29) is 0 Å². The monoisotopic (exact) mass is 362 g/mol. The smallest absolute Gasteiger partial charge is 0.00238 e. The first kappa shape index (κ1) is 20.1. The highest BCUT2D eigenvalue weighted by Crippen LogP contribution is 2.12. The zero-order chi connectivity index (χ0) is 13.3. The molecule has 0 saturated heterocycles. The van der Waals surface area contributed by atoms with Gasteiger partial charge < -0.3 is 0 Å². The van der Waals surface area contributed by atoms with Crippen molar-refractivity contribution in [3.8, 4) is 0 Å². The van der Waals surface area contributed by atoms with Crippen LogP contribution in [0.25, 0.3) is 0 Å². The number of rotatable bonds is 15. The summed E-state index contributed by atoms with van der Waals surface area (Å²) in [5, 5.41) is 0. The Bertz CT molecular complexity index is 129. The number of thiol groups is 2. The zero-order valence-corrected chi connectivity index (χ0v) is 16.1. The Morgan fingerprint density at radius 3 is 1.11 bits per heavy atom. The molecule has 0 nitrogen and oxygen atoms in total. The van der Waals surface area contributed by atoms with Crippen molar-refractivity contribution in [2.45, 2.75) is 12.8 Å². The molecule has 0 heterocycles. The van der Waals surface area contributed by atoms with Gasteiger partial charge in [0.2, 0.25) is 0 Å². The van der Waals surface area contributed by atoms with E-state index in [0.717, 1.165) is 11.5 Å². The van der Waals surface area contributed by atoms with Gasteiger partial charge in [-0.3, -0.25) is 0 Å². The molecule has 0 fully saturated rings. The van der Waals surface area contributed by atoms with Gasteiger partial charge in [-0.1, -0.05) is 0 Å². The molecule has 0 bridgehead atoms. The van der Waals surface area contributed by atoms with Crippen LogP contribution in [-0.2, 0) is 0 Å². The summed E-state index contributed by atoms with van der Waals surface area (Å²) in [6.45, 7) is 0. The Morgan fingerprint density at radius 2 is 0.778 bits per heavy atom. The fourth-order valence-corrected chi connectivity index (χ4v) is 5.73. The van der Waals surface area contributed by atoms with Crippen LogP contribution in [0.2, 0.25) is 0 Å². The Kier molecular flexibility index (Phi) is 21.3. The fraction of sp³-hybridized carbons (Fsp3) is 1.00. The van der Waals surface area contributed by atoms with Gasteiger partial charge in [0.25, 0.3) is 0 Å². The second kappa shape index (κ2) is 19.1. The molecule has 0 aliphatic carbocycles. The van der Waals surface area contributed by atoms with Crippen LogP contribution < -0.4 is 0 Å². The van der Waals surface area contributed by atoms with Crippen LogP contribution in [0.15, 0.2) is 0 Å². The van der Waals surface area contributed by atoms with Gasteiger partial charge in [0.15, 0.2) is 0 Å². The molecule has 0 radical (unpaired) electrons. The molecule has 0 spiro atoms. The van der Waals surface area contributed by atoms with E-state index in [1.165, 1.54) is 58.9 Å². The summed E-state index contributed by atoms with van der Waals surface area (Å²) in [6, 6.07) is 0. The first-order valence-electron chi connectivity index (χ1n) is 6.44. The molecule has 0 aromatic heterocycles. The number of hydrogen-bond donors (Lipinski definition) is 2. The van der Waals surface area contributed by atoms with Gasteiger partial charge in [0.05, 0.1) is 0 Å².